The van der Waals surface area contributed by atoms with Crippen LogP contribution in [0.4, 0.5) is 0 Å². The van der Waals surface area contributed by atoms with Crippen molar-refractivity contribution in [3.63, 3.8) is 0 Å². The van der Waals surface area contributed by atoms with Gasteiger partial charge in [0.25, 0.3) is 5.91 Å². The van der Waals surface area contributed by atoms with Crippen molar-refractivity contribution in [1.82, 2.24) is 5.32 Å². The summed E-state index contributed by atoms with van der Waals surface area (Å²) in [5.74, 6) is -2.07. The van der Waals surface area contributed by atoms with E-state index in [9.17, 15) is 19.8 Å². The van der Waals surface area contributed by atoms with Crippen LogP contribution in [0, 0.1) is 5.92 Å². The van der Waals surface area contributed by atoms with E-state index in [0.717, 1.165) is 5.56 Å². The van der Waals surface area contributed by atoms with Gasteiger partial charge in [-0.05, 0) is 30.7 Å². The number of amides is 1. The second kappa shape index (κ2) is 8.77. The zero-order valence-electron chi connectivity index (χ0n) is 13.4. The minimum absolute atomic E-state index is 0.210. The van der Waals surface area contributed by atoms with Gasteiger partial charge in [0, 0.05) is 19.3 Å². The number of rotatable bonds is 7. The van der Waals surface area contributed by atoms with Crippen LogP contribution in [0.2, 0.25) is 0 Å². The van der Waals surface area contributed by atoms with Crippen molar-refractivity contribution in [3.05, 3.63) is 35.9 Å². The first-order valence-corrected chi connectivity index (χ1v) is 8.07. The molecule has 7 heteroatoms. The Hall–Kier alpha value is -1.96. The van der Waals surface area contributed by atoms with Crippen LogP contribution in [0.5, 0.6) is 0 Å². The van der Waals surface area contributed by atoms with Crippen LogP contribution < -0.4 is 11.1 Å². The maximum atomic E-state index is 12.2. The summed E-state index contributed by atoms with van der Waals surface area (Å²) in [7, 11) is 0. The van der Waals surface area contributed by atoms with Gasteiger partial charge in [-0.25, -0.2) is 4.79 Å². The zero-order chi connectivity index (χ0) is 17.5. The lowest BCUT2D eigenvalue weighted by atomic mass is 9.91. The van der Waals surface area contributed by atoms with Crippen molar-refractivity contribution in [2.45, 2.75) is 37.5 Å². The predicted molar refractivity (Wildman–Crippen MR) is 87.2 cm³/mol. The van der Waals surface area contributed by atoms with E-state index in [4.69, 9.17) is 10.5 Å². The molecule has 0 bridgehead atoms. The number of carboxylic acids is 1. The lowest BCUT2D eigenvalue weighted by Crippen LogP contribution is -2.54. The fourth-order valence-electron chi connectivity index (χ4n) is 2.86. The quantitative estimate of drug-likeness (QED) is 0.552. The molecule has 1 aromatic carbocycles. The normalized spacial score (nSPS) is 19.2. The van der Waals surface area contributed by atoms with Crippen molar-refractivity contribution < 1.29 is 24.5 Å². The highest BCUT2D eigenvalue weighted by molar-refractivity contribution is 5.86. The molecule has 1 amide bonds. The molecule has 1 saturated heterocycles. The van der Waals surface area contributed by atoms with Gasteiger partial charge in [-0.15, -0.1) is 0 Å². The molecule has 2 rings (SSSR count). The van der Waals surface area contributed by atoms with Gasteiger partial charge in [-0.2, -0.15) is 0 Å². The third kappa shape index (κ3) is 5.02. The van der Waals surface area contributed by atoms with E-state index in [1.54, 1.807) is 0 Å². The largest absolute Gasteiger partial charge is 0.480 e. The summed E-state index contributed by atoms with van der Waals surface area (Å²) in [4.78, 5) is 23.6. The van der Waals surface area contributed by atoms with Gasteiger partial charge in [0.2, 0.25) is 0 Å². The summed E-state index contributed by atoms with van der Waals surface area (Å²) >= 11 is 0. The van der Waals surface area contributed by atoms with E-state index < -0.39 is 30.1 Å². The van der Waals surface area contributed by atoms with Gasteiger partial charge in [-0.3, -0.25) is 4.79 Å². The molecule has 0 saturated carbocycles. The summed E-state index contributed by atoms with van der Waals surface area (Å²) in [5.41, 5.74) is 6.80. The highest BCUT2D eigenvalue weighted by atomic mass is 16.5. The summed E-state index contributed by atoms with van der Waals surface area (Å²) < 4.78 is 5.21. The number of carbonyl (C=O) groups excluding carboxylic acids is 1. The molecule has 0 aromatic heterocycles. The first kappa shape index (κ1) is 18.4. The Morgan fingerprint density at radius 3 is 2.46 bits per heavy atom. The molecule has 0 radical (unpaired) electrons. The van der Waals surface area contributed by atoms with E-state index in [1.165, 1.54) is 0 Å². The molecule has 1 aromatic rings. The van der Waals surface area contributed by atoms with E-state index >= 15 is 0 Å². The van der Waals surface area contributed by atoms with E-state index in [1.807, 2.05) is 30.3 Å². The number of carbonyl (C=O) groups is 2. The fraction of sp³-hybridized carbons (Fsp3) is 0.529. The van der Waals surface area contributed by atoms with Crippen LogP contribution >= 0.6 is 0 Å². The van der Waals surface area contributed by atoms with Crippen molar-refractivity contribution in [1.29, 1.82) is 0 Å². The zero-order valence-corrected chi connectivity index (χ0v) is 13.4. The van der Waals surface area contributed by atoms with Crippen molar-refractivity contribution >= 4 is 11.9 Å². The first-order chi connectivity index (χ1) is 11.5. The molecule has 0 spiro atoms. The Morgan fingerprint density at radius 2 is 1.88 bits per heavy atom. The number of benzene rings is 1. The Bertz CT molecular complexity index is 545. The molecule has 0 unspecified atom stereocenters. The monoisotopic (exact) mass is 336 g/mol. The van der Waals surface area contributed by atoms with Gasteiger partial charge in [-0.1, -0.05) is 30.3 Å². The predicted octanol–water partition coefficient (Wildman–Crippen LogP) is -0.0867. The Morgan fingerprint density at radius 1 is 1.25 bits per heavy atom. The number of ether oxygens (including phenoxy) is 1. The molecule has 24 heavy (non-hydrogen) atoms. The minimum atomic E-state index is -1.47. The number of nitrogens with one attached hydrogen (secondary N) is 1. The highest BCUT2D eigenvalue weighted by Gasteiger charge is 2.33. The Balaban J connectivity index is 1.94. The number of hydrogen-bond donors (Lipinski definition) is 4. The molecule has 7 nitrogen and oxygen atoms in total. The van der Waals surface area contributed by atoms with Crippen molar-refractivity contribution in [3.8, 4) is 0 Å². The average Bonchev–Trinajstić information content (AvgIpc) is 2.60. The molecule has 1 heterocycles. The molecule has 1 fully saturated rings. The standard InChI is InChI=1S/C17H24N2O5/c18-13(10-11-4-2-1-3-5-11)15(20)16(21)19-14(17(22)23)12-6-8-24-9-7-12/h1-5,12-15,20H,6-10,18H2,(H,19,21)(H,22,23)/t13-,14+,15+/m1/s1. The number of nitrogens with two attached hydrogens (primary N) is 1. The Kier molecular flexibility index (Phi) is 6.72. The minimum Gasteiger partial charge on any atom is -0.480 e. The molecule has 3 atom stereocenters. The lowest BCUT2D eigenvalue weighted by Gasteiger charge is -2.29. The second-order valence-corrected chi connectivity index (χ2v) is 6.07. The summed E-state index contributed by atoms with van der Waals surface area (Å²) in [5, 5.41) is 21.9. The third-order valence-electron chi connectivity index (χ3n) is 4.29. The topological polar surface area (TPSA) is 122 Å². The third-order valence-corrected chi connectivity index (χ3v) is 4.29. The van der Waals surface area contributed by atoms with Crippen LogP contribution in [0.25, 0.3) is 0 Å². The Labute approximate surface area is 140 Å². The van der Waals surface area contributed by atoms with Gasteiger partial charge in [0.1, 0.15) is 12.1 Å². The number of carboxylic acid groups (broad SMARTS) is 1. The van der Waals surface area contributed by atoms with E-state index in [0.29, 0.717) is 32.5 Å². The van der Waals surface area contributed by atoms with Gasteiger partial charge in [0.15, 0.2) is 0 Å². The van der Waals surface area contributed by atoms with Crippen molar-refractivity contribution in [2.24, 2.45) is 11.7 Å². The second-order valence-electron chi connectivity index (χ2n) is 6.07. The number of aliphatic carboxylic acids is 1. The number of aliphatic hydroxyl groups excluding tert-OH is 1. The fourth-order valence-corrected chi connectivity index (χ4v) is 2.86. The summed E-state index contributed by atoms with van der Waals surface area (Å²) in [6.45, 7) is 0.945. The van der Waals surface area contributed by atoms with Crippen molar-refractivity contribution in [2.75, 3.05) is 13.2 Å². The molecule has 5 N–H and O–H groups in total. The molecule has 1 aliphatic heterocycles. The maximum Gasteiger partial charge on any atom is 0.326 e. The van der Waals surface area contributed by atoms with Crippen LogP contribution in [0.15, 0.2) is 30.3 Å². The van der Waals surface area contributed by atoms with Crippen LogP contribution in [0.3, 0.4) is 0 Å². The summed E-state index contributed by atoms with van der Waals surface area (Å²) in [6, 6.07) is 7.42. The van der Waals surface area contributed by atoms with E-state index in [2.05, 4.69) is 5.32 Å². The first-order valence-electron chi connectivity index (χ1n) is 8.07. The smallest absolute Gasteiger partial charge is 0.326 e. The van der Waals surface area contributed by atoms with Crippen LogP contribution in [-0.4, -0.2) is 53.5 Å². The molecule has 1 aliphatic rings. The molecule has 0 aliphatic carbocycles. The number of hydrogen-bond acceptors (Lipinski definition) is 5. The molecular formula is C17H24N2O5. The van der Waals surface area contributed by atoms with Gasteiger partial charge >= 0.3 is 5.97 Å². The van der Waals surface area contributed by atoms with Crippen LogP contribution in [0.1, 0.15) is 18.4 Å². The van der Waals surface area contributed by atoms with Crippen LogP contribution in [-0.2, 0) is 20.7 Å². The average molecular weight is 336 g/mol. The maximum absolute atomic E-state index is 12.2. The molecule has 132 valence electrons. The highest BCUT2D eigenvalue weighted by Crippen LogP contribution is 2.19. The summed E-state index contributed by atoms with van der Waals surface area (Å²) in [6.07, 6.45) is -0.0241. The van der Waals surface area contributed by atoms with E-state index in [-0.39, 0.29) is 5.92 Å². The SMILES string of the molecule is N[C@H](Cc1ccccc1)[C@H](O)C(=O)N[C@H](C(=O)O)C1CCOCC1. The van der Waals surface area contributed by atoms with Gasteiger partial charge < -0.3 is 26.0 Å². The molecular weight excluding hydrogens is 312 g/mol. The number of aliphatic hydroxyl groups is 1. The van der Waals surface area contributed by atoms with Gasteiger partial charge in [0.05, 0.1) is 0 Å². The lowest BCUT2D eigenvalue weighted by molar-refractivity contribution is -0.146.